The van der Waals surface area contributed by atoms with Gasteiger partial charge in [0.15, 0.2) is 5.82 Å². The fourth-order valence-electron chi connectivity index (χ4n) is 4.23. The monoisotopic (exact) mass is 463 g/mol. The van der Waals surface area contributed by atoms with Crippen molar-refractivity contribution < 1.29 is 9.53 Å². The van der Waals surface area contributed by atoms with Gasteiger partial charge in [0, 0.05) is 18.5 Å². The van der Waals surface area contributed by atoms with Gasteiger partial charge >= 0.3 is 6.01 Å². The largest absolute Gasteiger partial charge is 0.468 e. The van der Waals surface area contributed by atoms with Gasteiger partial charge in [-0.2, -0.15) is 9.97 Å². The van der Waals surface area contributed by atoms with E-state index in [9.17, 15) is 4.79 Å². The molecule has 0 aliphatic carbocycles. The van der Waals surface area contributed by atoms with Crippen molar-refractivity contribution in [1.29, 1.82) is 0 Å². The molecule has 0 bridgehead atoms. The smallest absolute Gasteiger partial charge is 0.304 e. The first kappa shape index (κ1) is 21.2. The lowest BCUT2D eigenvalue weighted by molar-refractivity contribution is 0.100. The van der Waals surface area contributed by atoms with Crippen molar-refractivity contribution in [2.45, 2.75) is 25.8 Å². The number of methoxy groups -OCH3 is 1. The Labute approximate surface area is 195 Å². The Balaban J connectivity index is 1.69. The number of aryl methyl sites for hydroxylation is 1. The highest BCUT2D eigenvalue weighted by Crippen LogP contribution is 2.34. The number of nitrogens with zero attached hydrogens (tertiary/aromatic N) is 5. The lowest BCUT2D eigenvalue weighted by Gasteiger charge is -2.23. The maximum absolute atomic E-state index is 12.0. The number of aromatic nitrogens is 4. The van der Waals surface area contributed by atoms with Gasteiger partial charge in [0.25, 0.3) is 5.91 Å². The highest BCUT2D eigenvalue weighted by atomic mass is 32.1. The maximum Gasteiger partial charge on any atom is 0.304 e. The molecule has 10 heteroatoms. The molecule has 4 aromatic rings. The van der Waals surface area contributed by atoms with Crippen molar-refractivity contribution in [3.8, 4) is 12.0 Å². The summed E-state index contributed by atoms with van der Waals surface area (Å²) < 4.78 is 7.30. The van der Waals surface area contributed by atoms with Crippen molar-refractivity contribution in [3.63, 3.8) is 0 Å². The summed E-state index contributed by atoms with van der Waals surface area (Å²) in [6.07, 6.45) is 2.99. The number of hydrogen-bond acceptors (Lipinski definition) is 8. The third-order valence-electron chi connectivity index (χ3n) is 5.80. The van der Waals surface area contributed by atoms with Crippen molar-refractivity contribution >= 4 is 39.8 Å². The van der Waals surface area contributed by atoms with E-state index in [0.29, 0.717) is 35.1 Å². The summed E-state index contributed by atoms with van der Waals surface area (Å²) in [6.45, 7) is 1.62. The van der Waals surface area contributed by atoms with Crippen LogP contribution < -0.4 is 20.7 Å². The van der Waals surface area contributed by atoms with Crippen LogP contribution in [0.2, 0.25) is 0 Å². The molecule has 0 radical (unpaired) electrons. The molecule has 3 N–H and O–H groups in total. The second-order valence-corrected chi connectivity index (χ2v) is 8.98. The molecule has 9 nitrogen and oxygen atoms in total. The number of nitrogens with one attached hydrogen (secondary N) is 1. The summed E-state index contributed by atoms with van der Waals surface area (Å²) in [4.78, 5) is 29.8. The maximum atomic E-state index is 12.0. The van der Waals surface area contributed by atoms with Gasteiger partial charge in [-0.3, -0.25) is 4.79 Å². The Morgan fingerprint density at radius 1 is 1.21 bits per heavy atom. The molecule has 1 aromatic carbocycles. The van der Waals surface area contributed by atoms with E-state index >= 15 is 0 Å². The van der Waals surface area contributed by atoms with Crippen molar-refractivity contribution in [3.05, 3.63) is 51.8 Å². The molecule has 0 unspecified atom stereocenters. The second-order valence-electron chi connectivity index (χ2n) is 7.95. The number of carbonyl (C=O) groups is 1. The van der Waals surface area contributed by atoms with E-state index < -0.39 is 5.91 Å². The molecular weight excluding hydrogens is 438 g/mol. The predicted molar refractivity (Wildman–Crippen MR) is 130 cm³/mol. The molecule has 33 heavy (non-hydrogen) atoms. The number of ether oxygens (including phenoxy) is 1. The van der Waals surface area contributed by atoms with E-state index in [2.05, 4.69) is 33.7 Å². The van der Waals surface area contributed by atoms with E-state index in [1.54, 1.807) is 28.0 Å². The first-order chi connectivity index (χ1) is 16.1. The molecular formula is C23H25N7O2S. The average molecular weight is 464 g/mol. The number of carbonyl (C=O) groups excluding carboxylic acids is 1. The number of rotatable bonds is 6. The number of amides is 1. The lowest BCUT2D eigenvalue weighted by Crippen LogP contribution is -2.22. The quantitative estimate of drug-likeness (QED) is 0.451. The van der Waals surface area contributed by atoms with Gasteiger partial charge in [-0.15, -0.1) is 11.3 Å². The Morgan fingerprint density at radius 2 is 2.09 bits per heavy atom. The van der Waals surface area contributed by atoms with Crippen LogP contribution in [0.4, 0.5) is 11.5 Å². The number of thiophene rings is 1. The zero-order chi connectivity index (χ0) is 22.9. The molecule has 1 aliphatic heterocycles. The number of para-hydroxylation sites is 1. The molecule has 1 aliphatic rings. The summed E-state index contributed by atoms with van der Waals surface area (Å²) in [6, 6.07) is 9.72. The fourth-order valence-corrected chi connectivity index (χ4v) is 4.88. The van der Waals surface area contributed by atoms with Gasteiger partial charge < -0.3 is 20.7 Å². The Morgan fingerprint density at radius 3 is 2.85 bits per heavy atom. The van der Waals surface area contributed by atoms with Crippen LogP contribution in [0.3, 0.4) is 0 Å². The molecule has 0 fully saturated rings. The second kappa shape index (κ2) is 8.70. The summed E-state index contributed by atoms with van der Waals surface area (Å²) in [7, 11) is 3.62. The molecule has 5 rings (SSSR count). The summed E-state index contributed by atoms with van der Waals surface area (Å²) in [5, 5.41) is 5.58. The Hall–Kier alpha value is -3.66. The molecule has 0 saturated heterocycles. The van der Waals surface area contributed by atoms with Gasteiger partial charge in [-0.05, 0) is 42.8 Å². The highest BCUT2D eigenvalue weighted by molar-refractivity contribution is 7.09. The van der Waals surface area contributed by atoms with Gasteiger partial charge in [0.2, 0.25) is 5.95 Å². The molecule has 4 heterocycles. The third kappa shape index (κ3) is 3.86. The number of benzene rings is 1. The van der Waals surface area contributed by atoms with E-state index in [1.807, 2.05) is 12.1 Å². The van der Waals surface area contributed by atoms with Crippen molar-refractivity contribution in [2.75, 3.05) is 30.9 Å². The third-order valence-corrected chi connectivity index (χ3v) is 6.67. The minimum absolute atomic E-state index is 0.296. The van der Waals surface area contributed by atoms with Crippen LogP contribution in [0.25, 0.3) is 17.0 Å². The average Bonchev–Trinajstić information content (AvgIpc) is 3.42. The van der Waals surface area contributed by atoms with Gasteiger partial charge in [-0.25, -0.2) is 9.55 Å². The van der Waals surface area contributed by atoms with Crippen LogP contribution in [0, 0.1) is 0 Å². The zero-order valence-corrected chi connectivity index (χ0v) is 19.4. The van der Waals surface area contributed by atoms with Crippen LogP contribution in [0.1, 0.15) is 33.8 Å². The molecule has 1 amide bonds. The number of anilines is 2. The first-order valence-electron chi connectivity index (χ1n) is 10.8. The SMILES string of the molecule is COc1nc2c(C(N)=O)cccc2n1-c1nc2c(c(NCc3cccs3)n1)N(C)CCCC2. The standard InChI is InChI=1S/C23H25N7O2S/c1-29-11-4-3-9-16-19(29)21(25-13-14-7-6-12-33-14)28-22(26-16)30-17-10-5-8-15(20(24)31)18(17)27-23(30)32-2/h5-8,10,12H,3-4,9,11,13H2,1-2H3,(H2,24,31)(H,25,26,28). The Bertz CT molecular complexity index is 1320. The van der Waals surface area contributed by atoms with Gasteiger partial charge in [0.05, 0.1) is 30.4 Å². The van der Waals surface area contributed by atoms with E-state index in [4.69, 9.17) is 20.4 Å². The van der Waals surface area contributed by atoms with Gasteiger partial charge in [0.1, 0.15) is 11.2 Å². The first-order valence-corrected chi connectivity index (χ1v) is 11.7. The van der Waals surface area contributed by atoms with Crippen molar-refractivity contribution in [2.24, 2.45) is 5.73 Å². The predicted octanol–water partition coefficient (Wildman–Crippen LogP) is 3.37. The number of nitrogens with two attached hydrogens (primary N) is 1. The van der Waals surface area contributed by atoms with E-state index in [1.165, 1.54) is 12.0 Å². The van der Waals surface area contributed by atoms with Crippen LogP contribution in [-0.2, 0) is 13.0 Å². The molecule has 0 spiro atoms. The van der Waals surface area contributed by atoms with Crippen LogP contribution in [0.15, 0.2) is 35.7 Å². The minimum Gasteiger partial charge on any atom is -0.468 e. The molecule has 170 valence electrons. The molecule has 0 saturated carbocycles. The van der Waals surface area contributed by atoms with Crippen LogP contribution >= 0.6 is 11.3 Å². The minimum atomic E-state index is -0.546. The summed E-state index contributed by atoms with van der Waals surface area (Å²) in [5.74, 6) is 0.664. The number of hydrogen-bond donors (Lipinski definition) is 2. The highest BCUT2D eigenvalue weighted by Gasteiger charge is 2.24. The molecule has 3 aromatic heterocycles. The number of imidazole rings is 1. The van der Waals surface area contributed by atoms with E-state index in [-0.39, 0.29) is 0 Å². The summed E-state index contributed by atoms with van der Waals surface area (Å²) >= 11 is 1.70. The summed E-state index contributed by atoms with van der Waals surface area (Å²) in [5.41, 5.74) is 9.03. The van der Waals surface area contributed by atoms with Crippen molar-refractivity contribution in [1.82, 2.24) is 19.5 Å². The molecule has 0 atom stereocenters. The van der Waals surface area contributed by atoms with Gasteiger partial charge in [-0.1, -0.05) is 12.1 Å². The number of primary amides is 1. The van der Waals surface area contributed by atoms with E-state index in [0.717, 1.165) is 43.0 Å². The van der Waals surface area contributed by atoms with Crippen LogP contribution in [-0.4, -0.2) is 46.1 Å². The normalized spacial score (nSPS) is 13.6. The van der Waals surface area contributed by atoms with Crippen LogP contribution in [0.5, 0.6) is 6.01 Å². The zero-order valence-electron chi connectivity index (χ0n) is 18.5. The fraction of sp³-hybridized carbons (Fsp3) is 0.304. The number of fused-ring (bicyclic) bond motifs is 2. The Kier molecular flexibility index (Phi) is 5.59. The lowest BCUT2D eigenvalue weighted by atomic mass is 10.2. The topological polar surface area (TPSA) is 111 Å².